The number of hydrogen-bond acceptors (Lipinski definition) is 6. The number of piperidine rings is 1. The van der Waals surface area contributed by atoms with Gasteiger partial charge in [0.1, 0.15) is 18.7 Å². The van der Waals surface area contributed by atoms with Gasteiger partial charge in [0.05, 0.1) is 12.2 Å². The van der Waals surface area contributed by atoms with Crippen molar-refractivity contribution in [2.75, 3.05) is 13.1 Å². The molecule has 1 saturated heterocycles. The van der Waals surface area contributed by atoms with Crippen LogP contribution in [0, 0.1) is 0 Å². The van der Waals surface area contributed by atoms with Crippen LogP contribution in [0.15, 0.2) is 43.1 Å². The molecular weight excluding hydrogens is 332 g/mol. The lowest BCUT2D eigenvalue weighted by atomic mass is 9.95. The Labute approximate surface area is 150 Å². The number of carbonyl (C=O) groups excluding carboxylic acids is 1. The summed E-state index contributed by atoms with van der Waals surface area (Å²) < 4.78 is 3.61. The van der Waals surface area contributed by atoms with E-state index in [-0.39, 0.29) is 12.5 Å². The van der Waals surface area contributed by atoms with Crippen LogP contribution in [0.25, 0.3) is 0 Å². The number of aromatic nitrogens is 7. The number of nitrogens with zero attached hydrogens (tertiary/aromatic N) is 8. The van der Waals surface area contributed by atoms with Gasteiger partial charge in [-0.15, -0.1) is 5.10 Å². The highest BCUT2D eigenvalue weighted by molar-refractivity contribution is 5.75. The zero-order chi connectivity index (χ0) is 17.8. The van der Waals surface area contributed by atoms with E-state index in [9.17, 15) is 4.79 Å². The largest absolute Gasteiger partial charge is 0.341 e. The molecule has 0 saturated carbocycles. The smallest absolute Gasteiger partial charge is 0.244 e. The number of pyridine rings is 1. The van der Waals surface area contributed by atoms with Gasteiger partial charge >= 0.3 is 0 Å². The minimum atomic E-state index is 0.0487. The average Bonchev–Trinajstić information content (AvgIpc) is 3.35. The van der Waals surface area contributed by atoms with Crippen molar-refractivity contribution in [3.63, 3.8) is 0 Å². The molecule has 0 bridgehead atoms. The van der Waals surface area contributed by atoms with Gasteiger partial charge in [-0.1, -0.05) is 6.07 Å². The second-order valence-electron chi connectivity index (χ2n) is 6.40. The number of hydrogen-bond donors (Lipinski definition) is 0. The molecule has 0 aliphatic carbocycles. The number of tetrazole rings is 1. The van der Waals surface area contributed by atoms with Crippen molar-refractivity contribution in [1.82, 2.24) is 39.6 Å². The van der Waals surface area contributed by atoms with E-state index >= 15 is 0 Å². The lowest BCUT2D eigenvalue weighted by molar-refractivity contribution is -0.133. The minimum Gasteiger partial charge on any atom is -0.341 e. The molecule has 0 atom stereocenters. The molecule has 1 aliphatic rings. The lowest BCUT2D eigenvalue weighted by Crippen LogP contribution is -2.40. The molecule has 9 heteroatoms. The van der Waals surface area contributed by atoms with Crippen LogP contribution in [-0.4, -0.2) is 58.6 Å². The molecule has 0 N–H and O–H groups in total. The third-order valence-corrected chi connectivity index (χ3v) is 4.71. The maximum Gasteiger partial charge on any atom is 0.244 e. The summed E-state index contributed by atoms with van der Waals surface area (Å²) in [6, 6.07) is 5.93. The van der Waals surface area contributed by atoms with E-state index in [1.807, 2.05) is 35.5 Å². The van der Waals surface area contributed by atoms with E-state index in [1.54, 1.807) is 6.20 Å². The quantitative estimate of drug-likeness (QED) is 0.671. The Bertz CT molecular complexity index is 837. The highest BCUT2D eigenvalue weighted by Crippen LogP contribution is 2.27. The van der Waals surface area contributed by atoms with Crippen LogP contribution < -0.4 is 0 Å². The summed E-state index contributed by atoms with van der Waals surface area (Å²) in [5, 5.41) is 10.9. The van der Waals surface area contributed by atoms with Crippen LogP contribution in [0.1, 0.15) is 30.3 Å². The summed E-state index contributed by atoms with van der Waals surface area (Å²) >= 11 is 0. The summed E-state index contributed by atoms with van der Waals surface area (Å²) in [5.74, 6) is 1.47. The molecule has 9 nitrogen and oxygen atoms in total. The Balaban J connectivity index is 1.36. The Morgan fingerprint density at radius 1 is 1.15 bits per heavy atom. The van der Waals surface area contributed by atoms with Crippen molar-refractivity contribution in [3.05, 3.63) is 54.6 Å². The summed E-state index contributed by atoms with van der Waals surface area (Å²) in [4.78, 5) is 23.2. The van der Waals surface area contributed by atoms with Gasteiger partial charge in [-0.25, -0.2) is 9.67 Å². The first-order valence-corrected chi connectivity index (χ1v) is 8.69. The Morgan fingerprint density at radius 3 is 2.77 bits per heavy atom. The molecular formula is C17H20N8O. The van der Waals surface area contributed by atoms with Gasteiger partial charge in [0.2, 0.25) is 5.91 Å². The Morgan fingerprint density at radius 2 is 2.04 bits per heavy atom. The zero-order valence-corrected chi connectivity index (χ0v) is 14.3. The third-order valence-electron chi connectivity index (χ3n) is 4.71. The fourth-order valence-electron chi connectivity index (χ4n) is 3.36. The maximum atomic E-state index is 12.3. The number of amides is 1. The van der Waals surface area contributed by atoms with Crippen LogP contribution >= 0.6 is 0 Å². The summed E-state index contributed by atoms with van der Waals surface area (Å²) in [5.41, 5.74) is 1.01. The highest BCUT2D eigenvalue weighted by Gasteiger charge is 2.26. The molecule has 1 aliphatic heterocycles. The summed E-state index contributed by atoms with van der Waals surface area (Å²) in [6.07, 6.45) is 8.91. The molecule has 0 unspecified atom stereocenters. The molecule has 1 amide bonds. The van der Waals surface area contributed by atoms with Crippen molar-refractivity contribution in [3.8, 4) is 0 Å². The second kappa shape index (κ2) is 7.42. The number of likely N-dealkylation sites (tertiary alicyclic amines) is 1. The number of carbonyl (C=O) groups is 1. The molecule has 0 radical (unpaired) electrons. The van der Waals surface area contributed by atoms with Gasteiger partial charge in [0.25, 0.3) is 0 Å². The van der Waals surface area contributed by atoms with Crippen LogP contribution in [0.2, 0.25) is 0 Å². The topological polar surface area (TPSA) is 94.6 Å². The van der Waals surface area contributed by atoms with Crippen molar-refractivity contribution in [2.24, 2.45) is 0 Å². The molecule has 1 fully saturated rings. The maximum absolute atomic E-state index is 12.3. The summed E-state index contributed by atoms with van der Waals surface area (Å²) in [6.45, 7) is 2.35. The molecule has 134 valence electrons. The first-order chi connectivity index (χ1) is 12.8. The first-order valence-electron chi connectivity index (χ1n) is 8.69. The van der Waals surface area contributed by atoms with Crippen LogP contribution in [0.3, 0.4) is 0 Å². The number of rotatable bonds is 5. The van der Waals surface area contributed by atoms with Gasteiger partial charge in [0.15, 0.2) is 0 Å². The molecule has 3 aromatic heterocycles. The Hall–Kier alpha value is -3.10. The molecule has 4 rings (SSSR count). The lowest BCUT2D eigenvalue weighted by Gasteiger charge is -2.31. The van der Waals surface area contributed by atoms with Crippen molar-refractivity contribution in [2.45, 2.75) is 31.8 Å². The molecule has 0 spiro atoms. The molecule has 4 heterocycles. The fraction of sp³-hybridized carbons (Fsp3) is 0.412. The van der Waals surface area contributed by atoms with Crippen LogP contribution in [-0.2, 0) is 17.9 Å². The minimum absolute atomic E-state index is 0.0487. The van der Waals surface area contributed by atoms with Crippen LogP contribution in [0.4, 0.5) is 0 Å². The van der Waals surface area contributed by atoms with E-state index in [0.29, 0.717) is 12.5 Å². The van der Waals surface area contributed by atoms with E-state index in [1.165, 1.54) is 11.0 Å². The molecule has 0 aromatic carbocycles. The van der Waals surface area contributed by atoms with Gasteiger partial charge < -0.3 is 9.47 Å². The average molecular weight is 352 g/mol. The first kappa shape index (κ1) is 16.4. The van der Waals surface area contributed by atoms with E-state index in [2.05, 4.69) is 30.1 Å². The van der Waals surface area contributed by atoms with Crippen LogP contribution in [0.5, 0.6) is 0 Å². The number of imidazole rings is 1. The third kappa shape index (κ3) is 3.61. The second-order valence-corrected chi connectivity index (χ2v) is 6.40. The summed E-state index contributed by atoms with van der Waals surface area (Å²) in [7, 11) is 0. The Kier molecular flexibility index (Phi) is 4.67. The van der Waals surface area contributed by atoms with Crippen molar-refractivity contribution in [1.29, 1.82) is 0 Å². The highest BCUT2D eigenvalue weighted by atomic mass is 16.2. The van der Waals surface area contributed by atoms with Crippen molar-refractivity contribution >= 4 is 5.91 Å². The van der Waals surface area contributed by atoms with E-state index in [0.717, 1.165) is 37.4 Å². The standard InChI is InChI=1S/C17H20N8O/c26-16(12-25-13-20-21-22-25)23-8-4-14(5-9-23)17-19-7-10-24(17)11-15-3-1-2-6-18-15/h1-3,6-7,10,13-14H,4-5,8-9,11-12H2. The predicted molar refractivity (Wildman–Crippen MR) is 91.9 cm³/mol. The SMILES string of the molecule is O=C(Cn1cnnn1)N1CCC(c2nccn2Cc2ccccn2)CC1. The monoisotopic (exact) mass is 352 g/mol. The predicted octanol–water partition coefficient (Wildman–Crippen LogP) is 0.719. The zero-order valence-electron chi connectivity index (χ0n) is 14.3. The van der Waals surface area contributed by atoms with E-state index in [4.69, 9.17) is 0 Å². The van der Waals surface area contributed by atoms with Crippen molar-refractivity contribution < 1.29 is 4.79 Å². The normalized spacial score (nSPS) is 15.3. The van der Waals surface area contributed by atoms with Gasteiger partial charge in [-0.05, 0) is 35.4 Å². The van der Waals surface area contributed by atoms with Gasteiger partial charge in [-0.3, -0.25) is 9.78 Å². The van der Waals surface area contributed by atoms with Gasteiger partial charge in [0, 0.05) is 37.6 Å². The molecule has 3 aromatic rings. The van der Waals surface area contributed by atoms with Gasteiger partial charge in [-0.2, -0.15) is 0 Å². The fourth-order valence-corrected chi connectivity index (χ4v) is 3.36. The molecule has 26 heavy (non-hydrogen) atoms. The van der Waals surface area contributed by atoms with E-state index < -0.39 is 0 Å².